The van der Waals surface area contributed by atoms with Crippen molar-refractivity contribution < 1.29 is 84.3 Å². The number of aliphatic carboxylic acids is 8. The normalized spacial score (nSPS) is 12.4. The third-order valence-electron chi connectivity index (χ3n) is 8.60. The van der Waals surface area contributed by atoms with Gasteiger partial charge in [-0.25, -0.2) is 0 Å². The molecule has 7 atom stereocenters. The van der Waals surface area contributed by atoms with E-state index in [0.29, 0.717) is 76.9 Å². The molecule has 1 heterocycles. The van der Waals surface area contributed by atoms with Crippen molar-refractivity contribution in [2.24, 2.45) is 69.0 Å². The monoisotopic (exact) mass is 1130 g/mol. The summed E-state index contributed by atoms with van der Waals surface area (Å²) in [7, 11) is 0. The maximum Gasteiger partial charge on any atom is 0.323 e. The van der Waals surface area contributed by atoms with Crippen LogP contribution in [0.2, 0.25) is 0 Å². The summed E-state index contributed by atoms with van der Waals surface area (Å²) in [6, 6.07) is 2.60. The number of aromatic nitrogens is 1. The number of guanidine groups is 3. The Hall–Kier alpha value is -8.03. The van der Waals surface area contributed by atoms with Crippen molar-refractivity contribution in [2.75, 3.05) is 32.7 Å². The molecule has 2 rings (SSSR count). The molecule has 0 spiro atoms. The number of nitrogens with one attached hydrogen (secondary N) is 7. The highest BCUT2D eigenvalue weighted by atomic mass is 16.4. The van der Waals surface area contributed by atoms with Gasteiger partial charge in [-0.2, -0.15) is 0 Å². The first-order chi connectivity index (χ1) is 35.9. The van der Waals surface area contributed by atoms with E-state index in [0.717, 1.165) is 16.5 Å². The van der Waals surface area contributed by atoms with E-state index in [1.54, 1.807) is 0 Å². The lowest BCUT2D eigenvalue weighted by Crippen LogP contribution is -2.39. The van der Waals surface area contributed by atoms with Crippen molar-refractivity contribution in [1.29, 1.82) is 16.2 Å². The number of hydrogen-bond donors (Lipinski definition) is 27. The van der Waals surface area contributed by atoms with E-state index in [1.807, 2.05) is 44.3 Å². The van der Waals surface area contributed by atoms with Crippen molar-refractivity contribution in [3.63, 3.8) is 0 Å². The summed E-state index contributed by atoms with van der Waals surface area (Å²) in [4.78, 5) is 82.8. The fourth-order valence-corrected chi connectivity index (χ4v) is 4.45. The molecule has 0 bridgehead atoms. The van der Waals surface area contributed by atoms with Gasteiger partial charge < -0.3 is 130 Å². The maximum absolute atomic E-state index is 10.6. The average molecular weight is 1130 g/mol. The minimum atomic E-state index is -1.18. The first-order valence-corrected chi connectivity index (χ1v) is 23.1. The Morgan fingerprint density at radius 2 is 0.833 bits per heavy atom. The van der Waals surface area contributed by atoms with Crippen LogP contribution >= 0.6 is 0 Å². The minimum Gasteiger partial charge on any atom is -0.480 e. The standard InChI is InChI=1S/C11H12N2O2.3C6H14N4O2.C6H13NO2.C4H9NO3.2C2H5NO2/c12-9(11(14)15)5-7-6-13-10-4-2-1-3-8(7)10;3*7-4(5(11)12)2-1-3-10-6(8)9;1-4(2)3-5(7)6(8)9;1-2(6)3(5)4(7)8;2*3-1-2(4)5/h1-4,6,9,13H,5,12H2,(H,14,15);3*4H,1-3,7H2,(H,11,12)(H4,8,9,10);4-5H,3,7H2,1-2H3,(H,8,9);2-3,6H,5H2,1H3,(H,7,8);2*1,3H2,(H,4,5). The second-order valence-corrected chi connectivity index (χ2v) is 16.2. The number of carboxylic acids is 8. The highest BCUT2D eigenvalue weighted by Gasteiger charge is 2.17. The summed E-state index contributed by atoms with van der Waals surface area (Å²) in [6.07, 6.45) is 4.66. The molecule has 0 aliphatic carbocycles. The number of rotatable bonds is 25. The Balaban J connectivity index is -0.000000194. The number of nitrogens with two attached hydrogens (primary N) is 11. The second kappa shape index (κ2) is 49.8. The molecule has 1 aromatic carbocycles. The zero-order valence-electron chi connectivity index (χ0n) is 43.8. The molecule has 0 aliphatic rings. The van der Waals surface area contributed by atoms with Crippen LogP contribution in [0.4, 0.5) is 0 Å². The largest absolute Gasteiger partial charge is 0.480 e. The Morgan fingerprint density at radius 3 is 1.05 bits per heavy atom. The molecule has 0 fully saturated rings. The smallest absolute Gasteiger partial charge is 0.323 e. The van der Waals surface area contributed by atoms with Crippen LogP contribution in [0, 0.1) is 22.1 Å². The predicted octanol–water partition coefficient (Wildman–Crippen LogP) is -5.61. The SMILES string of the molecule is CC(C)CC(N)C(=O)O.CC(O)C(N)C(=O)O.N=C(N)NCCCC(N)C(=O)O.N=C(N)NCCCC(N)C(=O)O.N=C(N)NCCCC(N)C(=O)O.NC(Cc1c[nH]c2ccccc12)C(=O)O.NCC(=O)O.NCC(=O)O. The zero-order valence-corrected chi connectivity index (χ0v) is 43.8. The first kappa shape index (κ1) is 81.3. The van der Waals surface area contributed by atoms with E-state index in [2.05, 4.69) is 32.4 Å². The molecule has 78 heavy (non-hydrogen) atoms. The third-order valence-corrected chi connectivity index (χ3v) is 8.60. The highest BCUT2D eigenvalue weighted by molar-refractivity contribution is 5.84. The van der Waals surface area contributed by atoms with Crippen molar-refractivity contribution in [3.8, 4) is 0 Å². The predicted molar refractivity (Wildman–Crippen MR) is 288 cm³/mol. The van der Waals surface area contributed by atoms with Gasteiger partial charge in [0.15, 0.2) is 17.9 Å². The number of carboxylic acid groups (broad SMARTS) is 8. The number of aromatic amines is 1. The third kappa shape index (κ3) is 57.3. The van der Waals surface area contributed by atoms with Crippen LogP contribution in [0.3, 0.4) is 0 Å². The topological polar surface area (TPSA) is 728 Å². The van der Waals surface area contributed by atoms with Gasteiger partial charge >= 0.3 is 47.8 Å². The fraction of sp³-hybridized carbons (Fsp3) is 0.558. The summed E-state index contributed by atoms with van der Waals surface area (Å²) in [6.45, 7) is 6.12. The van der Waals surface area contributed by atoms with Crippen molar-refractivity contribution in [3.05, 3.63) is 36.0 Å². The molecular weight excluding hydrogens is 1040 g/mol. The molecule has 38 N–H and O–H groups in total. The lowest BCUT2D eigenvalue weighted by atomic mass is 10.1. The second-order valence-electron chi connectivity index (χ2n) is 16.2. The van der Waals surface area contributed by atoms with Gasteiger partial charge in [0.1, 0.15) is 36.3 Å². The van der Waals surface area contributed by atoms with Crippen molar-refractivity contribution >= 4 is 76.5 Å². The molecule has 1 aromatic heterocycles. The highest BCUT2D eigenvalue weighted by Crippen LogP contribution is 2.18. The van der Waals surface area contributed by atoms with Gasteiger partial charge in [-0.15, -0.1) is 0 Å². The fourth-order valence-electron chi connectivity index (χ4n) is 4.45. The van der Waals surface area contributed by atoms with Gasteiger partial charge in [-0.05, 0) is 69.4 Å². The number of H-pyrrole nitrogens is 1. The molecule has 35 nitrogen and oxygen atoms in total. The van der Waals surface area contributed by atoms with Crippen LogP contribution in [-0.4, -0.2) is 192 Å². The van der Waals surface area contributed by atoms with Gasteiger partial charge in [0, 0.05) is 43.2 Å². The van der Waals surface area contributed by atoms with Crippen LogP contribution in [0.15, 0.2) is 30.5 Å². The van der Waals surface area contributed by atoms with Gasteiger partial charge in [-0.1, -0.05) is 32.0 Å². The number of aliphatic hydroxyl groups is 1. The molecule has 450 valence electrons. The molecule has 35 heteroatoms. The summed E-state index contributed by atoms with van der Waals surface area (Å²) in [5.41, 5.74) is 57.4. The van der Waals surface area contributed by atoms with Crippen LogP contribution < -0.4 is 79.0 Å². The number of hydrogen-bond acceptors (Lipinski definition) is 20. The summed E-state index contributed by atoms with van der Waals surface area (Å²) in [5.74, 6) is -7.99. The van der Waals surface area contributed by atoms with Gasteiger partial charge in [0.05, 0.1) is 19.2 Å². The molecule has 2 aromatic rings. The number of aliphatic hydroxyl groups excluding tert-OH is 1. The van der Waals surface area contributed by atoms with E-state index in [9.17, 15) is 38.4 Å². The van der Waals surface area contributed by atoms with Gasteiger partial charge in [0.2, 0.25) is 0 Å². The number of para-hydroxylation sites is 1. The van der Waals surface area contributed by atoms with E-state index in [1.165, 1.54) is 6.92 Å². The Bertz CT molecular complexity index is 1960. The minimum absolute atomic E-state index is 0.112. The molecule has 7 unspecified atom stereocenters. The summed E-state index contributed by atoms with van der Waals surface area (Å²) in [5, 5.41) is 103. The zero-order chi connectivity index (χ0) is 62.3. The molecular formula is C43H86N18O17. The van der Waals surface area contributed by atoms with Crippen LogP contribution in [0.1, 0.15) is 71.3 Å². The number of fused-ring (bicyclic) bond motifs is 1. The Morgan fingerprint density at radius 1 is 0.526 bits per heavy atom. The lowest BCUT2D eigenvalue weighted by Gasteiger charge is -2.07. The summed E-state index contributed by atoms with van der Waals surface area (Å²) >= 11 is 0. The molecule has 0 saturated heterocycles. The van der Waals surface area contributed by atoms with E-state index >= 15 is 0 Å². The first-order valence-electron chi connectivity index (χ1n) is 23.1. The number of carbonyl (C=O) groups is 8. The lowest BCUT2D eigenvalue weighted by molar-refractivity contribution is -0.141. The van der Waals surface area contributed by atoms with Crippen LogP contribution in [0.25, 0.3) is 10.9 Å². The van der Waals surface area contributed by atoms with Crippen LogP contribution in [-0.2, 0) is 44.8 Å². The molecule has 0 saturated carbocycles. The van der Waals surface area contributed by atoms with Crippen LogP contribution in [0.5, 0.6) is 0 Å². The van der Waals surface area contributed by atoms with Crippen molar-refractivity contribution in [1.82, 2.24) is 20.9 Å². The molecule has 0 amide bonds. The Labute approximate surface area is 449 Å². The van der Waals surface area contributed by atoms with E-state index < -0.39 is 90.1 Å². The average Bonchev–Trinajstić information content (AvgIpc) is 3.75. The molecule has 0 aliphatic heterocycles. The van der Waals surface area contributed by atoms with Gasteiger partial charge in [-0.3, -0.25) is 54.6 Å². The Kier molecular flexibility index (Phi) is 52.0. The van der Waals surface area contributed by atoms with E-state index in [4.69, 9.17) is 114 Å². The van der Waals surface area contributed by atoms with Crippen molar-refractivity contribution in [2.45, 2.75) is 114 Å². The number of benzene rings is 1. The van der Waals surface area contributed by atoms with Gasteiger partial charge in [0.25, 0.3) is 0 Å². The molecule has 0 radical (unpaired) electrons. The summed E-state index contributed by atoms with van der Waals surface area (Å²) < 4.78 is 0. The maximum atomic E-state index is 10.6. The quantitative estimate of drug-likeness (QED) is 0.0250. The van der Waals surface area contributed by atoms with E-state index in [-0.39, 0.29) is 31.0 Å².